The van der Waals surface area contributed by atoms with Crippen LogP contribution in [0.5, 0.6) is 17.2 Å². The molecule has 12 heteroatoms. The molecular formula is C43H41Cl3N2O5S2. The Bertz CT molecular complexity index is 2200. The van der Waals surface area contributed by atoms with E-state index in [1.54, 1.807) is 68.7 Å². The maximum atomic E-state index is 10.4. The molecule has 6 N–H and O–H groups in total. The number of hydrogen-bond donors (Lipinski definition) is 6. The average Bonchev–Trinajstić information content (AvgIpc) is 3.17. The highest BCUT2D eigenvalue weighted by molar-refractivity contribution is 7.99. The summed E-state index contributed by atoms with van der Waals surface area (Å²) in [6, 6.07) is 38.1. The number of hydrogen-bond acceptors (Lipinski definition) is 9. The van der Waals surface area contributed by atoms with Gasteiger partial charge < -0.3 is 35.8 Å². The maximum absolute atomic E-state index is 10.4. The predicted molar refractivity (Wildman–Crippen MR) is 228 cm³/mol. The summed E-state index contributed by atoms with van der Waals surface area (Å²) in [5.41, 5.74) is 3.91. The van der Waals surface area contributed by atoms with Crippen molar-refractivity contribution in [2.45, 2.75) is 58.7 Å². The van der Waals surface area contributed by atoms with Gasteiger partial charge in [0.1, 0.15) is 17.2 Å². The number of phenols is 2. The van der Waals surface area contributed by atoms with E-state index >= 15 is 0 Å². The second kappa shape index (κ2) is 20.1. The molecule has 0 fully saturated rings. The number of anilines is 2. The van der Waals surface area contributed by atoms with Crippen molar-refractivity contribution >= 4 is 69.7 Å². The second-order valence-electron chi connectivity index (χ2n) is 12.4. The molecule has 0 spiro atoms. The van der Waals surface area contributed by atoms with Gasteiger partial charge in [0, 0.05) is 53.8 Å². The van der Waals surface area contributed by atoms with Crippen LogP contribution in [-0.4, -0.2) is 27.5 Å². The number of aliphatic hydroxyl groups excluding tert-OH is 2. The van der Waals surface area contributed by atoms with Crippen LogP contribution in [0.1, 0.15) is 48.3 Å². The van der Waals surface area contributed by atoms with E-state index in [4.69, 9.17) is 39.5 Å². The number of methoxy groups -OCH3 is 1. The Morgan fingerprint density at radius 2 is 1.02 bits per heavy atom. The van der Waals surface area contributed by atoms with Gasteiger partial charge in [-0.1, -0.05) is 107 Å². The molecule has 2 unspecified atom stereocenters. The van der Waals surface area contributed by atoms with Gasteiger partial charge in [0.25, 0.3) is 0 Å². The van der Waals surface area contributed by atoms with Crippen molar-refractivity contribution < 1.29 is 25.2 Å². The molecule has 0 aromatic heterocycles. The van der Waals surface area contributed by atoms with Crippen LogP contribution in [0, 0.1) is 0 Å². The normalized spacial score (nSPS) is 11.9. The minimum Gasteiger partial charge on any atom is -0.505 e. The van der Waals surface area contributed by atoms with E-state index in [1.807, 2.05) is 91.0 Å². The Balaban J connectivity index is 0.000000211. The van der Waals surface area contributed by atoms with Crippen LogP contribution in [0.15, 0.2) is 141 Å². The van der Waals surface area contributed by atoms with Gasteiger partial charge in [-0.25, -0.2) is 0 Å². The third-order valence-electron chi connectivity index (χ3n) is 8.34. The van der Waals surface area contributed by atoms with E-state index in [9.17, 15) is 20.4 Å². The zero-order chi connectivity index (χ0) is 39.5. The van der Waals surface area contributed by atoms with Gasteiger partial charge >= 0.3 is 0 Å². The fourth-order valence-electron chi connectivity index (χ4n) is 5.44. The van der Waals surface area contributed by atoms with Crippen molar-refractivity contribution in [1.82, 2.24) is 0 Å². The number of aliphatic hydroxyl groups is 2. The fraction of sp³-hybridized carbons (Fsp3) is 0.163. The van der Waals surface area contributed by atoms with E-state index in [2.05, 4.69) is 16.7 Å². The van der Waals surface area contributed by atoms with Crippen LogP contribution >= 0.6 is 58.3 Å². The highest BCUT2D eigenvalue weighted by atomic mass is 35.5. The summed E-state index contributed by atoms with van der Waals surface area (Å²) in [5.74, 6) is 0.843. The molecule has 7 nitrogen and oxygen atoms in total. The van der Waals surface area contributed by atoms with Gasteiger partial charge in [0.2, 0.25) is 0 Å². The number of rotatable bonds is 13. The SMILES string of the molecule is CC(O)c1cc(Cl)cc(NCc2ccccc2Sc2ccccc2Cl)c1O.COc1ccc(Sc2ccccc2CNc2cc(Cl)cc(C(C)O)c2O)cc1. The fourth-order valence-corrected chi connectivity index (χ4v) is 8.06. The van der Waals surface area contributed by atoms with Crippen molar-refractivity contribution in [1.29, 1.82) is 0 Å². The average molecular weight is 836 g/mol. The van der Waals surface area contributed by atoms with Crippen molar-refractivity contribution in [2.75, 3.05) is 17.7 Å². The summed E-state index contributed by atoms with van der Waals surface area (Å²) in [6.45, 7) is 4.17. The van der Waals surface area contributed by atoms with E-state index in [0.29, 0.717) is 50.7 Å². The number of ether oxygens (including phenoxy) is 1. The molecule has 6 aromatic carbocycles. The first-order chi connectivity index (χ1) is 26.4. The molecule has 0 saturated heterocycles. The molecule has 0 saturated carbocycles. The van der Waals surface area contributed by atoms with E-state index in [0.717, 1.165) is 36.5 Å². The minimum absolute atomic E-state index is 0.00522. The number of aromatic hydroxyl groups is 2. The molecule has 6 aromatic rings. The van der Waals surface area contributed by atoms with Gasteiger partial charge in [0.05, 0.1) is 35.7 Å². The maximum Gasteiger partial charge on any atom is 0.144 e. The number of benzene rings is 6. The van der Waals surface area contributed by atoms with E-state index in [1.165, 1.54) is 0 Å². The quantitative estimate of drug-likeness (QED) is 0.0633. The van der Waals surface area contributed by atoms with Crippen LogP contribution in [-0.2, 0) is 13.1 Å². The highest BCUT2D eigenvalue weighted by Gasteiger charge is 2.16. The molecule has 0 radical (unpaired) electrons. The largest absolute Gasteiger partial charge is 0.505 e. The van der Waals surface area contributed by atoms with Gasteiger partial charge in [-0.3, -0.25) is 0 Å². The van der Waals surface area contributed by atoms with Crippen LogP contribution < -0.4 is 15.4 Å². The first kappa shape index (κ1) is 42.0. The van der Waals surface area contributed by atoms with Crippen molar-refractivity contribution in [2.24, 2.45) is 0 Å². The molecule has 55 heavy (non-hydrogen) atoms. The Hall–Kier alpha value is -4.19. The number of phenolic OH excluding ortho intramolecular Hbond substituents is 2. The highest BCUT2D eigenvalue weighted by Crippen LogP contribution is 2.39. The molecule has 2 atom stereocenters. The van der Waals surface area contributed by atoms with Gasteiger partial charge in [-0.05, 0) is 97.8 Å². The summed E-state index contributed by atoms with van der Waals surface area (Å²) in [6.07, 6.45) is -1.62. The monoisotopic (exact) mass is 834 g/mol. The van der Waals surface area contributed by atoms with Gasteiger partial charge in [0.15, 0.2) is 0 Å². The van der Waals surface area contributed by atoms with E-state index < -0.39 is 12.2 Å². The minimum atomic E-state index is -0.813. The lowest BCUT2D eigenvalue weighted by atomic mass is 10.1. The zero-order valence-corrected chi connectivity index (χ0v) is 34.2. The molecule has 0 aliphatic carbocycles. The van der Waals surface area contributed by atoms with Crippen molar-refractivity contribution in [3.63, 3.8) is 0 Å². The topological polar surface area (TPSA) is 114 Å². The summed E-state index contributed by atoms with van der Waals surface area (Å²) in [5, 5.41) is 48.5. The lowest BCUT2D eigenvalue weighted by Gasteiger charge is -2.16. The van der Waals surface area contributed by atoms with Crippen LogP contribution in [0.25, 0.3) is 0 Å². The van der Waals surface area contributed by atoms with Crippen molar-refractivity contribution in [3.8, 4) is 17.2 Å². The molecule has 286 valence electrons. The van der Waals surface area contributed by atoms with Crippen LogP contribution in [0.2, 0.25) is 15.1 Å². The molecular weight excluding hydrogens is 795 g/mol. The molecule has 6 rings (SSSR count). The first-order valence-electron chi connectivity index (χ1n) is 17.2. The lowest BCUT2D eigenvalue weighted by Crippen LogP contribution is -2.03. The zero-order valence-electron chi connectivity index (χ0n) is 30.3. The van der Waals surface area contributed by atoms with Gasteiger partial charge in [-0.15, -0.1) is 0 Å². The Kier molecular flexibility index (Phi) is 15.3. The Morgan fingerprint density at radius 3 is 1.47 bits per heavy atom. The number of nitrogens with one attached hydrogen (secondary N) is 2. The Morgan fingerprint density at radius 1 is 0.582 bits per heavy atom. The van der Waals surface area contributed by atoms with Crippen LogP contribution in [0.3, 0.4) is 0 Å². The smallest absolute Gasteiger partial charge is 0.144 e. The summed E-state index contributed by atoms with van der Waals surface area (Å²) < 4.78 is 5.21. The molecule has 0 amide bonds. The first-order valence-corrected chi connectivity index (χ1v) is 20.0. The number of halogens is 3. The molecule has 0 aliphatic heterocycles. The summed E-state index contributed by atoms with van der Waals surface area (Å²) in [4.78, 5) is 4.26. The van der Waals surface area contributed by atoms with Crippen LogP contribution in [0.4, 0.5) is 11.4 Å². The van der Waals surface area contributed by atoms with Gasteiger partial charge in [-0.2, -0.15) is 0 Å². The third kappa shape index (κ3) is 11.7. The third-order valence-corrected chi connectivity index (χ3v) is 11.5. The Labute approximate surface area is 345 Å². The summed E-state index contributed by atoms with van der Waals surface area (Å²) >= 11 is 21.8. The summed E-state index contributed by atoms with van der Waals surface area (Å²) in [7, 11) is 1.65. The van der Waals surface area contributed by atoms with E-state index in [-0.39, 0.29) is 11.5 Å². The molecule has 0 aliphatic rings. The molecule has 0 heterocycles. The molecule has 0 bridgehead atoms. The standard InChI is InChI=1S/C22H22ClNO3S.C21H19Cl2NO2S/c1-14(25)19-11-16(23)12-20(22(19)26)24-13-15-5-3-4-6-21(15)28-18-9-7-17(27-2)8-10-18;1-13(25)16-10-15(22)11-18(21(16)26)24-12-14-6-2-4-8-19(14)27-20-9-5-3-7-17(20)23/h3-12,14,24-26H,13H2,1-2H3;2-11,13,24-26H,12H2,1H3. The second-order valence-corrected chi connectivity index (χ2v) is 15.8. The van der Waals surface area contributed by atoms with Crippen molar-refractivity contribution in [3.05, 3.63) is 159 Å². The lowest BCUT2D eigenvalue weighted by molar-refractivity contribution is 0.194. The predicted octanol–water partition coefficient (Wildman–Crippen LogP) is 12.4.